The maximum absolute atomic E-state index is 4.30. The van der Waals surface area contributed by atoms with Crippen LogP contribution in [0.2, 0.25) is 0 Å². The molecule has 0 aromatic carbocycles. The highest BCUT2D eigenvalue weighted by atomic mass is 14.7. The quantitative estimate of drug-likeness (QED) is 0.438. The monoisotopic (exact) mass is 167 g/mol. The largest absolute Gasteiger partial charge is 0.295 e. The predicted molar refractivity (Wildman–Crippen MR) is 56.9 cm³/mol. The summed E-state index contributed by atoms with van der Waals surface area (Å²) in [4.78, 5) is 4.30. The minimum Gasteiger partial charge on any atom is -0.295 e. The summed E-state index contributed by atoms with van der Waals surface area (Å²) in [6, 6.07) is 0.445. The molecule has 70 valence electrons. The van der Waals surface area contributed by atoms with E-state index < -0.39 is 0 Å². The van der Waals surface area contributed by atoms with E-state index in [1.807, 2.05) is 6.21 Å². The summed E-state index contributed by atoms with van der Waals surface area (Å²) >= 11 is 0. The van der Waals surface area contributed by atoms with E-state index in [-0.39, 0.29) is 0 Å². The summed E-state index contributed by atoms with van der Waals surface area (Å²) < 4.78 is 0. The Morgan fingerprint density at radius 3 is 2.58 bits per heavy atom. The van der Waals surface area contributed by atoms with Crippen molar-refractivity contribution in [3.8, 4) is 0 Å². The summed E-state index contributed by atoms with van der Waals surface area (Å²) in [5, 5.41) is 0. The van der Waals surface area contributed by atoms with E-state index >= 15 is 0 Å². The smallest absolute Gasteiger partial charge is 0.0439 e. The Labute approximate surface area is 76.6 Å². The van der Waals surface area contributed by atoms with Crippen molar-refractivity contribution in [2.45, 2.75) is 53.0 Å². The normalized spacial score (nSPS) is 13.2. The van der Waals surface area contributed by atoms with Crippen LogP contribution >= 0.6 is 0 Å². The topological polar surface area (TPSA) is 12.4 Å². The molecule has 0 aliphatic carbocycles. The lowest BCUT2D eigenvalue weighted by Gasteiger charge is -1.97. The molecule has 0 saturated carbocycles. The van der Waals surface area contributed by atoms with Gasteiger partial charge in [0.05, 0.1) is 0 Å². The lowest BCUT2D eigenvalue weighted by molar-refractivity contribution is 0.833. The number of allylic oxidation sites excluding steroid dienone is 2. The average Bonchev–Trinajstić information content (AvgIpc) is 1.98. The van der Waals surface area contributed by atoms with Gasteiger partial charge in [-0.2, -0.15) is 0 Å². The fourth-order valence-corrected chi connectivity index (χ4v) is 1.03. The lowest BCUT2D eigenvalue weighted by atomic mass is 10.1. The first-order chi connectivity index (χ1) is 5.66. The van der Waals surface area contributed by atoms with Crippen LogP contribution < -0.4 is 0 Å². The maximum atomic E-state index is 4.30. The van der Waals surface area contributed by atoms with Crippen LogP contribution in [0.25, 0.3) is 0 Å². The van der Waals surface area contributed by atoms with Gasteiger partial charge in [-0.1, -0.05) is 18.6 Å². The van der Waals surface area contributed by atoms with Crippen LogP contribution in [0.15, 0.2) is 16.6 Å². The van der Waals surface area contributed by atoms with Gasteiger partial charge in [-0.3, -0.25) is 4.99 Å². The maximum Gasteiger partial charge on any atom is 0.0439 e. The number of aliphatic imine (C=N–C) groups is 1. The van der Waals surface area contributed by atoms with E-state index in [9.17, 15) is 0 Å². The molecule has 0 N–H and O–H groups in total. The van der Waals surface area contributed by atoms with E-state index in [1.54, 1.807) is 0 Å². The van der Waals surface area contributed by atoms with Gasteiger partial charge in [0.1, 0.15) is 0 Å². The third kappa shape index (κ3) is 7.52. The van der Waals surface area contributed by atoms with Gasteiger partial charge in [0, 0.05) is 6.04 Å². The zero-order valence-corrected chi connectivity index (χ0v) is 8.80. The molecule has 0 rings (SSSR count). The van der Waals surface area contributed by atoms with Gasteiger partial charge in [0.15, 0.2) is 0 Å². The van der Waals surface area contributed by atoms with Crippen LogP contribution in [-0.4, -0.2) is 12.3 Å². The second-order valence-corrected chi connectivity index (χ2v) is 3.42. The highest BCUT2D eigenvalue weighted by molar-refractivity contribution is 5.57. The molecule has 0 heterocycles. The minimum atomic E-state index is 0.445. The Kier molecular flexibility index (Phi) is 6.73. The van der Waals surface area contributed by atoms with Gasteiger partial charge in [-0.05, 0) is 46.2 Å². The molecule has 0 fully saturated rings. The fraction of sp³-hybridized carbons (Fsp3) is 0.727. The Morgan fingerprint density at radius 1 is 1.42 bits per heavy atom. The van der Waals surface area contributed by atoms with Crippen molar-refractivity contribution in [2.24, 2.45) is 4.99 Å². The summed E-state index contributed by atoms with van der Waals surface area (Å²) in [5.74, 6) is 0. The zero-order chi connectivity index (χ0) is 9.40. The van der Waals surface area contributed by atoms with Gasteiger partial charge in [-0.15, -0.1) is 0 Å². The van der Waals surface area contributed by atoms with Crippen LogP contribution in [0.1, 0.15) is 47.0 Å². The first-order valence-electron chi connectivity index (χ1n) is 4.84. The van der Waals surface area contributed by atoms with Crippen molar-refractivity contribution in [1.29, 1.82) is 0 Å². The summed E-state index contributed by atoms with van der Waals surface area (Å²) in [5.41, 5.74) is 1.48. The molecule has 0 radical (unpaired) electrons. The average molecular weight is 167 g/mol. The minimum absolute atomic E-state index is 0.445. The molecule has 0 atom stereocenters. The first kappa shape index (κ1) is 11.4. The number of rotatable bonds is 5. The molecule has 0 bridgehead atoms. The van der Waals surface area contributed by atoms with E-state index in [1.165, 1.54) is 5.57 Å². The SMILES string of the molecule is CC/C=C(\C)CCC=NC(C)C. The van der Waals surface area contributed by atoms with Crippen LogP contribution in [-0.2, 0) is 0 Å². The van der Waals surface area contributed by atoms with Crippen LogP contribution in [0.3, 0.4) is 0 Å². The molecule has 12 heavy (non-hydrogen) atoms. The molecule has 0 aromatic heterocycles. The van der Waals surface area contributed by atoms with Crippen molar-refractivity contribution in [2.75, 3.05) is 0 Å². The molecule has 1 heteroatoms. The Hall–Kier alpha value is -0.590. The van der Waals surface area contributed by atoms with Crippen molar-refractivity contribution < 1.29 is 0 Å². The standard InChI is InChI=1S/C11H21N/c1-5-7-11(4)8-6-9-12-10(2)3/h7,9-10H,5-6,8H2,1-4H3/b11-7+,12-9?. The Balaban J connectivity index is 3.49. The number of nitrogens with zero attached hydrogens (tertiary/aromatic N) is 1. The van der Waals surface area contributed by atoms with E-state index in [0.717, 1.165) is 19.3 Å². The predicted octanol–water partition coefficient (Wildman–Crippen LogP) is 3.60. The molecule has 0 amide bonds. The highest BCUT2D eigenvalue weighted by Crippen LogP contribution is 2.03. The van der Waals surface area contributed by atoms with Crippen molar-refractivity contribution in [3.05, 3.63) is 11.6 Å². The molecular weight excluding hydrogens is 146 g/mol. The molecule has 0 saturated heterocycles. The van der Waals surface area contributed by atoms with Gasteiger partial charge < -0.3 is 0 Å². The fourth-order valence-electron chi connectivity index (χ4n) is 1.03. The van der Waals surface area contributed by atoms with E-state index in [2.05, 4.69) is 38.8 Å². The second-order valence-electron chi connectivity index (χ2n) is 3.42. The number of hydrogen-bond donors (Lipinski definition) is 0. The zero-order valence-electron chi connectivity index (χ0n) is 8.80. The van der Waals surface area contributed by atoms with Gasteiger partial charge in [0.2, 0.25) is 0 Å². The van der Waals surface area contributed by atoms with E-state index in [4.69, 9.17) is 0 Å². The van der Waals surface area contributed by atoms with E-state index in [0.29, 0.717) is 6.04 Å². The molecule has 0 aliphatic rings. The van der Waals surface area contributed by atoms with Crippen molar-refractivity contribution in [3.63, 3.8) is 0 Å². The lowest BCUT2D eigenvalue weighted by Crippen LogP contribution is -1.89. The summed E-state index contributed by atoms with van der Waals surface area (Å²) in [6.07, 6.45) is 7.71. The molecule has 0 unspecified atom stereocenters. The van der Waals surface area contributed by atoms with Crippen LogP contribution in [0, 0.1) is 0 Å². The summed E-state index contributed by atoms with van der Waals surface area (Å²) in [6.45, 7) is 8.56. The molecule has 0 aromatic rings. The summed E-state index contributed by atoms with van der Waals surface area (Å²) in [7, 11) is 0. The highest BCUT2D eigenvalue weighted by Gasteiger charge is 1.87. The Bertz CT molecular complexity index is 154. The Morgan fingerprint density at radius 2 is 2.08 bits per heavy atom. The third-order valence-corrected chi connectivity index (χ3v) is 1.62. The van der Waals surface area contributed by atoms with Crippen LogP contribution in [0.4, 0.5) is 0 Å². The molecule has 0 aliphatic heterocycles. The van der Waals surface area contributed by atoms with Crippen molar-refractivity contribution >= 4 is 6.21 Å². The third-order valence-electron chi connectivity index (χ3n) is 1.62. The second kappa shape index (κ2) is 7.08. The number of hydrogen-bond acceptors (Lipinski definition) is 1. The van der Waals surface area contributed by atoms with Gasteiger partial charge in [0.25, 0.3) is 0 Å². The van der Waals surface area contributed by atoms with Gasteiger partial charge >= 0.3 is 0 Å². The molecule has 0 spiro atoms. The van der Waals surface area contributed by atoms with Crippen LogP contribution in [0.5, 0.6) is 0 Å². The van der Waals surface area contributed by atoms with Crippen molar-refractivity contribution in [1.82, 2.24) is 0 Å². The van der Waals surface area contributed by atoms with Gasteiger partial charge in [-0.25, -0.2) is 0 Å². The molecule has 1 nitrogen and oxygen atoms in total. The molecular formula is C11H21N. The first-order valence-corrected chi connectivity index (χ1v) is 4.84.